The van der Waals surface area contributed by atoms with Gasteiger partial charge in [0.15, 0.2) is 0 Å². The number of amides is 1. The van der Waals surface area contributed by atoms with E-state index in [2.05, 4.69) is 4.98 Å². The molecule has 3 fully saturated rings. The van der Waals surface area contributed by atoms with Crippen LogP contribution in [-0.4, -0.2) is 65.3 Å². The molecule has 0 aromatic carbocycles. The molecule has 3 aliphatic rings. The summed E-state index contributed by atoms with van der Waals surface area (Å²) in [6.45, 7) is 6.18. The molecule has 4 rings (SSSR count). The molecule has 1 amide bonds. The van der Waals surface area contributed by atoms with Gasteiger partial charge in [0.05, 0.1) is 10.9 Å². The van der Waals surface area contributed by atoms with Crippen LogP contribution in [0, 0.1) is 12.8 Å². The maximum Gasteiger partial charge on any atom is 0.272 e. The molecule has 1 spiro atoms. The van der Waals surface area contributed by atoms with Crippen LogP contribution in [0.15, 0.2) is 18.2 Å². The largest absolute Gasteiger partial charge is 0.381 e. The van der Waals surface area contributed by atoms with Gasteiger partial charge in [-0.2, -0.15) is 0 Å². The van der Waals surface area contributed by atoms with Gasteiger partial charge in [0.1, 0.15) is 5.69 Å². The van der Waals surface area contributed by atoms with Gasteiger partial charge in [-0.05, 0) is 44.2 Å². The lowest BCUT2D eigenvalue weighted by Gasteiger charge is -2.47. The number of carbonyl (C=O) groups is 1. The van der Waals surface area contributed by atoms with Crippen molar-refractivity contribution in [3.63, 3.8) is 0 Å². The quantitative estimate of drug-likeness (QED) is 0.824. The fraction of sp³-hybridized carbons (Fsp3) is 0.684. The van der Waals surface area contributed by atoms with Gasteiger partial charge < -0.3 is 14.4 Å². The number of rotatable bonds is 4. The average Bonchev–Trinajstić information content (AvgIpc) is 3.04. The first-order chi connectivity index (χ1) is 12.1. The number of hydrogen-bond donors (Lipinski definition) is 0. The summed E-state index contributed by atoms with van der Waals surface area (Å²) in [5, 5.41) is 0. The highest BCUT2D eigenvalue weighted by Gasteiger charge is 2.51. The van der Waals surface area contributed by atoms with Crippen molar-refractivity contribution in [3.8, 4) is 0 Å². The minimum atomic E-state index is 0.0569. The summed E-state index contributed by atoms with van der Waals surface area (Å²) in [7, 11) is 0. The summed E-state index contributed by atoms with van der Waals surface area (Å²) < 4.78 is 11.8. The lowest BCUT2D eigenvalue weighted by Crippen LogP contribution is -2.60. The first-order valence-corrected chi connectivity index (χ1v) is 10.2. The van der Waals surface area contributed by atoms with Gasteiger partial charge in [-0.25, -0.2) is 4.98 Å². The molecule has 3 saturated heterocycles. The lowest BCUT2D eigenvalue weighted by molar-refractivity contribution is -0.0119. The molecule has 0 bridgehead atoms. The topological polar surface area (TPSA) is 51.7 Å². The van der Waals surface area contributed by atoms with E-state index in [4.69, 9.17) is 9.47 Å². The molecular formula is C19H26N2O3S. The van der Waals surface area contributed by atoms with Gasteiger partial charge >= 0.3 is 0 Å². The monoisotopic (exact) mass is 362 g/mol. The molecule has 1 aromatic heterocycles. The molecule has 0 N–H and O–H groups in total. The average molecular weight is 362 g/mol. The Morgan fingerprint density at radius 1 is 1.40 bits per heavy atom. The van der Waals surface area contributed by atoms with Gasteiger partial charge in [-0.1, -0.05) is 6.07 Å². The Kier molecular flexibility index (Phi) is 5.02. The normalized spacial score (nSPS) is 26.0. The number of nitrogens with zero attached hydrogens (tertiary/aromatic N) is 2. The van der Waals surface area contributed by atoms with Crippen molar-refractivity contribution in [1.82, 2.24) is 9.88 Å². The SMILES string of the molecule is Cc1cccc(C(=O)N2CC3(C[C@@H](OCC4CCOCC4)CS3)C2)n1. The Labute approximate surface area is 153 Å². The molecule has 3 aliphatic heterocycles. The van der Waals surface area contributed by atoms with Crippen LogP contribution in [0.25, 0.3) is 0 Å². The second kappa shape index (κ2) is 7.25. The van der Waals surface area contributed by atoms with Gasteiger partial charge in [-0.15, -0.1) is 11.8 Å². The molecule has 5 nitrogen and oxygen atoms in total. The summed E-state index contributed by atoms with van der Waals surface area (Å²) in [6.07, 6.45) is 3.64. The summed E-state index contributed by atoms with van der Waals surface area (Å²) in [5.74, 6) is 1.76. The van der Waals surface area contributed by atoms with Crippen molar-refractivity contribution in [3.05, 3.63) is 29.6 Å². The van der Waals surface area contributed by atoms with Gasteiger partial charge in [0, 0.05) is 44.4 Å². The van der Waals surface area contributed by atoms with E-state index >= 15 is 0 Å². The Bertz CT molecular complexity index is 627. The molecule has 25 heavy (non-hydrogen) atoms. The fourth-order valence-corrected chi connectivity index (χ4v) is 5.48. The van der Waals surface area contributed by atoms with E-state index < -0.39 is 0 Å². The number of carbonyl (C=O) groups excluding carboxylic acids is 1. The fourth-order valence-electron chi connectivity index (χ4n) is 3.93. The zero-order valence-electron chi connectivity index (χ0n) is 14.8. The number of thioether (sulfide) groups is 1. The van der Waals surface area contributed by atoms with Crippen LogP contribution < -0.4 is 0 Å². The summed E-state index contributed by atoms with van der Waals surface area (Å²) >= 11 is 1.98. The zero-order valence-corrected chi connectivity index (χ0v) is 15.6. The standard InChI is InChI=1S/C19H26N2O3S/c1-14-3-2-4-17(20-14)18(22)21-12-19(13-21)9-16(11-25-19)24-10-15-5-7-23-8-6-15/h2-4,15-16H,5-13H2,1H3/t16-/m1/s1. The molecule has 0 radical (unpaired) electrons. The van der Waals surface area contributed by atoms with Crippen molar-refractivity contribution in [2.45, 2.75) is 37.0 Å². The molecule has 4 heterocycles. The smallest absolute Gasteiger partial charge is 0.272 e. The lowest BCUT2D eigenvalue weighted by atomic mass is 9.92. The van der Waals surface area contributed by atoms with Gasteiger partial charge in [-0.3, -0.25) is 4.79 Å². The number of hydrogen-bond acceptors (Lipinski definition) is 5. The van der Waals surface area contributed by atoms with Gasteiger partial charge in [0.25, 0.3) is 5.91 Å². The van der Waals surface area contributed by atoms with E-state index in [1.54, 1.807) is 0 Å². The van der Waals surface area contributed by atoms with Gasteiger partial charge in [0.2, 0.25) is 0 Å². The molecule has 0 unspecified atom stereocenters. The minimum Gasteiger partial charge on any atom is -0.381 e. The highest BCUT2D eigenvalue weighted by molar-refractivity contribution is 8.01. The molecule has 0 aliphatic carbocycles. The van der Waals surface area contributed by atoms with Crippen LogP contribution in [0.3, 0.4) is 0 Å². The number of likely N-dealkylation sites (tertiary alicyclic amines) is 1. The molecular weight excluding hydrogens is 336 g/mol. The molecule has 136 valence electrons. The van der Waals surface area contributed by atoms with Crippen LogP contribution in [-0.2, 0) is 9.47 Å². The zero-order chi connectivity index (χ0) is 17.3. The number of ether oxygens (including phenoxy) is 2. The van der Waals surface area contributed by atoms with Crippen LogP contribution in [0.4, 0.5) is 0 Å². The molecule has 1 atom stereocenters. The summed E-state index contributed by atoms with van der Waals surface area (Å²) in [5.41, 5.74) is 1.45. The van der Waals surface area contributed by atoms with Crippen molar-refractivity contribution < 1.29 is 14.3 Å². The van der Waals surface area contributed by atoms with Crippen LogP contribution in [0.1, 0.15) is 35.4 Å². The first-order valence-electron chi connectivity index (χ1n) is 9.20. The van der Waals surface area contributed by atoms with Crippen LogP contribution in [0.5, 0.6) is 0 Å². The van der Waals surface area contributed by atoms with Crippen molar-refractivity contribution in [1.29, 1.82) is 0 Å². The Morgan fingerprint density at radius 2 is 2.20 bits per heavy atom. The molecule has 6 heteroatoms. The first kappa shape index (κ1) is 17.3. The van der Waals surface area contributed by atoms with Crippen molar-refractivity contribution >= 4 is 17.7 Å². The number of pyridine rings is 1. The van der Waals surface area contributed by atoms with E-state index in [1.807, 2.05) is 41.8 Å². The Balaban J connectivity index is 1.25. The second-order valence-electron chi connectivity index (χ2n) is 7.53. The number of aryl methyl sites for hydroxylation is 1. The minimum absolute atomic E-state index is 0.0569. The van der Waals surface area contributed by atoms with E-state index in [1.165, 1.54) is 0 Å². The van der Waals surface area contributed by atoms with Crippen LogP contribution >= 0.6 is 11.8 Å². The van der Waals surface area contributed by atoms with E-state index in [-0.39, 0.29) is 10.7 Å². The van der Waals surface area contributed by atoms with Crippen molar-refractivity contribution in [2.24, 2.45) is 5.92 Å². The third kappa shape index (κ3) is 3.86. The predicted molar refractivity (Wildman–Crippen MR) is 98.0 cm³/mol. The Hall–Kier alpha value is -1.11. The Morgan fingerprint density at radius 3 is 2.96 bits per heavy atom. The maximum atomic E-state index is 12.5. The van der Waals surface area contributed by atoms with Crippen LogP contribution in [0.2, 0.25) is 0 Å². The van der Waals surface area contributed by atoms with E-state index in [0.29, 0.717) is 17.7 Å². The molecule has 0 saturated carbocycles. The van der Waals surface area contributed by atoms with E-state index in [0.717, 1.165) is 63.6 Å². The summed E-state index contributed by atoms with van der Waals surface area (Å²) in [6, 6.07) is 5.62. The maximum absolute atomic E-state index is 12.5. The highest BCUT2D eigenvalue weighted by Crippen LogP contribution is 2.46. The van der Waals surface area contributed by atoms with Crippen molar-refractivity contribution in [2.75, 3.05) is 38.7 Å². The van der Waals surface area contributed by atoms with E-state index in [9.17, 15) is 4.79 Å². The summed E-state index contributed by atoms with van der Waals surface area (Å²) in [4.78, 5) is 18.8. The third-order valence-electron chi connectivity index (χ3n) is 5.44. The third-order valence-corrected chi connectivity index (χ3v) is 7.01. The highest BCUT2D eigenvalue weighted by atomic mass is 32.2. The predicted octanol–water partition coefficient (Wildman–Crippen LogP) is 2.53. The second-order valence-corrected chi connectivity index (χ2v) is 9.02. The number of aromatic nitrogens is 1. The molecule has 1 aromatic rings.